The van der Waals surface area contributed by atoms with Crippen LogP contribution in [-0.2, 0) is 0 Å². The van der Waals surface area contributed by atoms with Crippen molar-refractivity contribution in [1.29, 1.82) is 5.26 Å². The Morgan fingerprint density at radius 1 is 0.492 bits per heavy atom. The van der Waals surface area contributed by atoms with Crippen molar-refractivity contribution in [3.63, 3.8) is 0 Å². The summed E-state index contributed by atoms with van der Waals surface area (Å²) in [6, 6.07) is 54.1. The largest absolute Gasteiger partial charge is 0.497 e. The van der Waals surface area contributed by atoms with Crippen LogP contribution in [0.1, 0.15) is 34.7 Å². The van der Waals surface area contributed by atoms with Gasteiger partial charge in [-0.1, -0.05) is 48.6 Å². The van der Waals surface area contributed by atoms with E-state index < -0.39 is 0 Å². The molecule has 0 saturated heterocycles. The first-order chi connectivity index (χ1) is 29.9. The van der Waals surface area contributed by atoms with Crippen LogP contribution in [0.5, 0.6) is 23.0 Å². The Kier molecular flexibility index (Phi) is 13.1. The van der Waals surface area contributed by atoms with Gasteiger partial charge in [-0.25, -0.2) is 4.85 Å². The molecule has 0 aromatic heterocycles. The van der Waals surface area contributed by atoms with Gasteiger partial charge >= 0.3 is 0 Å². The number of nitrogens with zero attached hydrogens (tertiary/aromatic N) is 4. The molecule has 0 radical (unpaired) electrons. The van der Waals surface area contributed by atoms with Gasteiger partial charge in [-0.2, -0.15) is 5.26 Å². The van der Waals surface area contributed by atoms with Crippen molar-refractivity contribution in [3.05, 3.63) is 197 Å². The Bertz CT molecular complexity index is 2650. The minimum absolute atomic E-state index is 0.456. The molecule has 8 heteroatoms. The van der Waals surface area contributed by atoms with Crippen LogP contribution in [0.2, 0.25) is 0 Å². The highest BCUT2D eigenvalue weighted by Gasteiger charge is 2.15. The predicted molar refractivity (Wildman–Crippen MR) is 248 cm³/mol. The minimum atomic E-state index is 0.456. The molecule has 0 unspecified atom stereocenters. The van der Waals surface area contributed by atoms with E-state index in [0.29, 0.717) is 29.0 Å². The van der Waals surface area contributed by atoms with E-state index in [-0.39, 0.29) is 0 Å². The van der Waals surface area contributed by atoms with Crippen molar-refractivity contribution in [2.75, 3.05) is 37.7 Å². The number of anilines is 6. The van der Waals surface area contributed by atoms with E-state index in [2.05, 4.69) is 45.0 Å². The standard InChI is InChI=1S/C53H44N4O4/c1-6-61-52-33-25-48(26-34-52)57(47-23-31-51(60-5)32-24-47)44-15-9-38(10-16-44)7-13-40-36-53(55-2)41(35-42(40)37-54)14-8-39-11-17-43(18-12-39)56(45-19-27-49(58-3)28-20-45)46-21-29-50(59-4)30-22-46/h7-36H,6H2,1,3-5H3/b13-7+,14-8+. The van der Waals surface area contributed by atoms with Crippen molar-refractivity contribution >= 4 is 64.1 Å². The zero-order valence-corrected chi connectivity index (χ0v) is 34.4. The van der Waals surface area contributed by atoms with E-state index in [4.69, 9.17) is 25.5 Å². The van der Waals surface area contributed by atoms with Crippen molar-refractivity contribution < 1.29 is 18.9 Å². The molecule has 0 spiro atoms. The van der Waals surface area contributed by atoms with Gasteiger partial charge in [-0.15, -0.1) is 0 Å². The smallest absolute Gasteiger partial charge is 0.194 e. The number of hydrogen-bond donors (Lipinski definition) is 0. The number of hydrogen-bond acceptors (Lipinski definition) is 7. The second kappa shape index (κ2) is 19.5. The van der Waals surface area contributed by atoms with E-state index in [9.17, 15) is 5.26 Å². The first-order valence-corrected chi connectivity index (χ1v) is 19.7. The van der Waals surface area contributed by atoms with E-state index >= 15 is 0 Å². The summed E-state index contributed by atoms with van der Waals surface area (Å²) in [6.45, 7) is 10.6. The quantitative estimate of drug-likeness (QED) is 0.0755. The minimum Gasteiger partial charge on any atom is -0.497 e. The lowest BCUT2D eigenvalue weighted by Crippen LogP contribution is -2.09. The molecule has 0 aliphatic carbocycles. The molecule has 0 aliphatic rings. The molecule has 8 nitrogen and oxygen atoms in total. The van der Waals surface area contributed by atoms with Crippen LogP contribution in [0.4, 0.5) is 39.8 Å². The van der Waals surface area contributed by atoms with Crippen molar-refractivity contribution in [3.8, 4) is 29.1 Å². The molecule has 300 valence electrons. The molecule has 0 fully saturated rings. The molecule has 0 N–H and O–H groups in total. The van der Waals surface area contributed by atoms with Crippen LogP contribution in [0, 0.1) is 17.9 Å². The van der Waals surface area contributed by atoms with Crippen LogP contribution in [0.15, 0.2) is 158 Å². The van der Waals surface area contributed by atoms with Gasteiger partial charge in [0, 0.05) is 34.1 Å². The van der Waals surface area contributed by atoms with E-state index in [1.165, 1.54) is 0 Å². The Morgan fingerprint density at radius 3 is 1.16 bits per heavy atom. The summed E-state index contributed by atoms with van der Waals surface area (Å²) in [5.41, 5.74) is 10.0. The lowest BCUT2D eigenvalue weighted by Gasteiger charge is -2.26. The molecule has 0 aliphatic heterocycles. The zero-order valence-electron chi connectivity index (χ0n) is 34.4. The number of rotatable bonds is 15. The Labute approximate surface area is 357 Å². The monoisotopic (exact) mass is 800 g/mol. The summed E-state index contributed by atoms with van der Waals surface area (Å²) in [7, 11) is 4.97. The third-order valence-electron chi connectivity index (χ3n) is 10.1. The maximum absolute atomic E-state index is 10.2. The van der Waals surface area contributed by atoms with Crippen LogP contribution in [0.3, 0.4) is 0 Å². The van der Waals surface area contributed by atoms with E-state index in [0.717, 1.165) is 68.2 Å². The number of methoxy groups -OCH3 is 3. The van der Waals surface area contributed by atoms with Crippen molar-refractivity contribution in [2.24, 2.45) is 0 Å². The zero-order chi connectivity index (χ0) is 42.6. The Morgan fingerprint density at radius 2 is 0.836 bits per heavy atom. The average molecular weight is 801 g/mol. The number of nitriles is 1. The molecule has 0 amide bonds. The summed E-state index contributed by atoms with van der Waals surface area (Å²) >= 11 is 0. The molecule has 0 heterocycles. The van der Waals surface area contributed by atoms with Gasteiger partial charge < -0.3 is 28.7 Å². The van der Waals surface area contributed by atoms with Gasteiger partial charge in [0.25, 0.3) is 0 Å². The predicted octanol–water partition coefficient (Wildman–Crippen LogP) is 13.8. The lowest BCUT2D eigenvalue weighted by atomic mass is 10.0. The Balaban J connectivity index is 1.10. The lowest BCUT2D eigenvalue weighted by molar-refractivity contribution is 0.340. The maximum Gasteiger partial charge on any atom is 0.194 e. The second-order valence-electron chi connectivity index (χ2n) is 13.8. The van der Waals surface area contributed by atoms with Crippen LogP contribution in [0.25, 0.3) is 29.1 Å². The van der Waals surface area contributed by atoms with Crippen LogP contribution < -0.4 is 28.7 Å². The summed E-state index contributed by atoms with van der Waals surface area (Å²) in [6.07, 6.45) is 7.69. The topological polar surface area (TPSA) is 71.6 Å². The molecule has 7 aromatic carbocycles. The molecule has 61 heavy (non-hydrogen) atoms. The average Bonchev–Trinajstić information content (AvgIpc) is 3.32. The third kappa shape index (κ3) is 9.75. The Hall–Kier alpha value is -8.20. The van der Waals surface area contributed by atoms with Crippen molar-refractivity contribution in [2.45, 2.75) is 6.92 Å². The summed E-state index contributed by atoms with van der Waals surface area (Å²) < 4.78 is 21.9. The molecule has 7 rings (SSSR count). The van der Waals surface area contributed by atoms with Gasteiger partial charge in [-0.05, 0) is 163 Å². The summed E-state index contributed by atoms with van der Waals surface area (Å²) in [5.74, 6) is 3.15. The first-order valence-electron chi connectivity index (χ1n) is 19.7. The highest BCUT2D eigenvalue weighted by Crippen LogP contribution is 2.38. The molecule has 0 bridgehead atoms. The van der Waals surface area contributed by atoms with Crippen molar-refractivity contribution in [1.82, 2.24) is 0 Å². The van der Waals surface area contributed by atoms with Crippen LogP contribution >= 0.6 is 0 Å². The van der Waals surface area contributed by atoms with Crippen LogP contribution in [-0.4, -0.2) is 27.9 Å². The first kappa shape index (κ1) is 41.0. The maximum atomic E-state index is 10.2. The molecule has 0 atom stereocenters. The fourth-order valence-corrected chi connectivity index (χ4v) is 6.87. The third-order valence-corrected chi connectivity index (χ3v) is 10.1. The number of benzene rings is 7. The van der Waals surface area contributed by atoms with Gasteiger partial charge in [0.2, 0.25) is 0 Å². The molecular weight excluding hydrogens is 757 g/mol. The number of ether oxygens (including phenoxy) is 4. The van der Waals surface area contributed by atoms with Gasteiger partial charge in [0.15, 0.2) is 5.69 Å². The fraction of sp³-hybridized carbons (Fsp3) is 0.0943. The SMILES string of the molecule is [C-]#[N+]c1cc(/C=C/c2ccc(N(c3ccc(OC)cc3)c3ccc(OCC)cc3)cc2)c(C#N)cc1/C=C/c1ccc(N(c2ccc(OC)cc2)c2ccc(OC)cc2)cc1. The normalized spacial score (nSPS) is 10.9. The fourth-order valence-electron chi connectivity index (χ4n) is 6.87. The summed E-state index contributed by atoms with van der Waals surface area (Å²) in [5, 5.41) is 10.2. The highest BCUT2D eigenvalue weighted by molar-refractivity contribution is 5.84. The molecule has 0 saturated carbocycles. The second-order valence-corrected chi connectivity index (χ2v) is 13.8. The van der Waals surface area contributed by atoms with Gasteiger partial charge in [-0.3, -0.25) is 0 Å². The van der Waals surface area contributed by atoms with Gasteiger partial charge in [0.1, 0.15) is 23.0 Å². The highest BCUT2D eigenvalue weighted by atomic mass is 16.5. The molecular formula is C53H44N4O4. The van der Waals surface area contributed by atoms with E-state index in [1.807, 2.05) is 153 Å². The van der Waals surface area contributed by atoms with Gasteiger partial charge in [0.05, 0.1) is 46.1 Å². The summed E-state index contributed by atoms with van der Waals surface area (Å²) in [4.78, 5) is 8.15. The molecule has 7 aromatic rings. The van der Waals surface area contributed by atoms with E-state index in [1.54, 1.807) is 33.5 Å².